The Bertz CT molecular complexity index is 999. The van der Waals surface area contributed by atoms with Gasteiger partial charge in [0.25, 0.3) is 0 Å². The fourth-order valence-electron chi connectivity index (χ4n) is 2.69. The van der Waals surface area contributed by atoms with Gasteiger partial charge in [0.2, 0.25) is 5.88 Å². The fraction of sp³-hybridized carbons (Fsp3) is 0.565. The van der Waals surface area contributed by atoms with Crippen LogP contribution in [0.15, 0.2) is 16.7 Å². The lowest BCUT2D eigenvalue weighted by molar-refractivity contribution is 0.0422. The van der Waals surface area contributed by atoms with Gasteiger partial charge >= 0.3 is 18.2 Å². The summed E-state index contributed by atoms with van der Waals surface area (Å²) in [6.07, 6.45) is -0.890. The number of ether oxygens (including phenoxy) is 4. The second-order valence-corrected chi connectivity index (χ2v) is 9.48. The molecule has 0 aliphatic carbocycles. The second-order valence-electron chi connectivity index (χ2n) is 9.48. The van der Waals surface area contributed by atoms with Crippen molar-refractivity contribution in [2.45, 2.75) is 79.6 Å². The molecule has 0 aliphatic heterocycles. The van der Waals surface area contributed by atoms with Gasteiger partial charge in [-0.2, -0.15) is 0 Å². The standard InChI is InChI=1S/C23H32N2O8/c1-10-29-19(26)16-17-15(11-14(12-24-17)30-13(2)3)31-18(16)25(20(27)32-22(4,5)6)21(28)33-23(7,8)9/h11-13H,10H2,1-9H3. The molecule has 2 aromatic rings. The third-order valence-electron chi connectivity index (χ3n) is 3.69. The van der Waals surface area contributed by atoms with E-state index in [2.05, 4.69) is 4.98 Å². The van der Waals surface area contributed by atoms with Gasteiger partial charge in [0.05, 0.1) is 18.9 Å². The summed E-state index contributed by atoms with van der Waals surface area (Å²) in [6.45, 7) is 15.2. The van der Waals surface area contributed by atoms with E-state index in [9.17, 15) is 14.4 Å². The smallest absolute Gasteiger partial charge is 0.427 e. The molecule has 0 unspecified atom stereocenters. The van der Waals surface area contributed by atoms with Crippen LogP contribution in [0.1, 0.15) is 72.7 Å². The molecule has 10 heteroatoms. The number of pyridine rings is 1. The van der Waals surface area contributed by atoms with Crippen molar-refractivity contribution in [2.24, 2.45) is 0 Å². The zero-order valence-electron chi connectivity index (χ0n) is 20.6. The van der Waals surface area contributed by atoms with Gasteiger partial charge in [0, 0.05) is 6.07 Å². The van der Waals surface area contributed by atoms with E-state index in [-0.39, 0.29) is 29.4 Å². The summed E-state index contributed by atoms with van der Waals surface area (Å²) in [7, 11) is 0. The molecule has 2 rings (SSSR count). The fourth-order valence-corrected chi connectivity index (χ4v) is 2.69. The summed E-state index contributed by atoms with van der Waals surface area (Å²) in [4.78, 5) is 43.7. The maximum absolute atomic E-state index is 13.1. The first-order valence-electron chi connectivity index (χ1n) is 10.7. The number of aromatic nitrogens is 1. The van der Waals surface area contributed by atoms with Crippen molar-refractivity contribution in [2.75, 3.05) is 11.5 Å². The SMILES string of the molecule is CCOC(=O)c1c(N(C(=O)OC(C)(C)C)C(=O)OC(C)(C)C)oc2cc(OC(C)C)cnc12. The molecule has 182 valence electrons. The number of anilines is 1. The minimum atomic E-state index is -1.08. The lowest BCUT2D eigenvalue weighted by Gasteiger charge is -2.27. The van der Waals surface area contributed by atoms with Crippen LogP contribution in [0.4, 0.5) is 15.5 Å². The highest BCUT2D eigenvalue weighted by Crippen LogP contribution is 2.35. The Morgan fingerprint density at radius 1 is 1.03 bits per heavy atom. The molecular formula is C23H32N2O8. The predicted molar refractivity (Wildman–Crippen MR) is 121 cm³/mol. The Morgan fingerprint density at radius 3 is 2.03 bits per heavy atom. The number of nitrogens with zero attached hydrogens (tertiary/aromatic N) is 2. The molecule has 0 radical (unpaired) electrons. The van der Waals surface area contributed by atoms with Crippen molar-refractivity contribution >= 4 is 35.1 Å². The van der Waals surface area contributed by atoms with Crippen molar-refractivity contribution in [3.63, 3.8) is 0 Å². The zero-order valence-corrected chi connectivity index (χ0v) is 20.6. The Kier molecular flexibility index (Phi) is 7.61. The summed E-state index contributed by atoms with van der Waals surface area (Å²) >= 11 is 0. The summed E-state index contributed by atoms with van der Waals surface area (Å²) < 4.78 is 27.3. The van der Waals surface area contributed by atoms with E-state index in [0.717, 1.165) is 0 Å². The summed E-state index contributed by atoms with van der Waals surface area (Å²) in [5.74, 6) is -0.858. The van der Waals surface area contributed by atoms with Crippen LogP contribution in [-0.4, -0.2) is 47.1 Å². The topological polar surface area (TPSA) is 117 Å². The molecule has 0 N–H and O–H groups in total. The van der Waals surface area contributed by atoms with E-state index in [4.69, 9.17) is 23.4 Å². The monoisotopic (exact) mass is 464 g/mol. The van der Waals surface area contributed by atoms with Gasteiger partial charge in [-0.15, -0.1) is 4.90 Å². The number of hydrogen-bond donors (Lipinski definition) is 0. The second kappa shape index (κ2) is 9.68. The van der Waals surface area contributed by atoms with Gasteiger partial charge < -0.3 is 23.4 Å². The molecular weight excluding hydrogens is 432 g/mol. The van der Waals surface area contributed by atoms with Crippen LogP contribution in [0, 0.1) is 0 Å². The third kappa shape index (κ3) is 6.84. The average molecular weight is 465 g/mol. The van der Waals surface area contributed by atoms with Crippen LogP contribution < -0.4 is 9.64 Å². The number of furan rings is 1. The highest BCUT2D eigenvalue weighted by molar-refractivity contribution is 6.16. The molecule has 0 atom stereocenters. The molecule has 33 heavy (non-hydrogen) atoms. The van der Waals surface area contributed by atoms with Crippen molar-refractivity contribution in [1.29, 1.82) is 0 Å². The highest BCUT2D eigenvalue weighted by atomic mass is 16.6. The predicted octanol–water partition coefficient (Wildman–Crippen LogP) is 5.47. The Balaban J connectivity index is 2.73. The van der Waals surface area contributed by atoms with Crippen molar-refractivity contribution in [3.8, 4) is 5.75 Å². The lowest BCUT2D eigenvalue weighted by atomic mass is 10.2. The van der Waals surface area contributed by atoms with E-state index >= 15 is 0 Å². The summed E-state index contributed by atoms with van der Waals surface area (Å²) in [5, 5.41) is 0. The normalized spacial score (nSPS) is 11.9. The van der Waals surface area contributed by atoms with Gasteiger partial charge in [-0.05, 0) is 62.3 Å². The maximum Gasteiger partial charge on any atom is 0.427 e. The first-order valence-corrected chi connectivity index (χ1v) is 10.7. The quantitative estimate of drug-likeness (QED) is 0.419. The summed E-state index contributed by atoms with van der Waals surface area (Å²) in [5.41, 5.74) is -1.88. The molecule has 2 heterocycles. The number of hydrogen-bond acceptors (Lipinski definition) is 9. The molecule has 2 amide bonds. The van der Waals surface area contributed by atoms with E-state index in [1.165, 1.54) is 12.3 Å². The van der Waals surface area contributed by atoms with Crippen LogP contribution in [0.25, 0.3) is 11.1 Å². The number of rotatable bonds is 5. The molecule has 0 saturated carbocycles. The van der Waals surface area contributed by atoms with E-state index < -0.39 is 35.2 Å². The van der Waals surface area contributed by atoms with Crippen LogP contribution in [0.5, 0.6) is 5.75 Å². The maximum atomic E-state index is 13.1. The van der Waals surface area contributed by atoms with Crippen molar-refractivity contribution in [1.82, 2.24) is 4.98 Å². The number of esters is 1. The van der Waals surface area contributed by atoms with Gasteiger partial charge in [-0.25, -0.2) is 19.4 Å². The third-order valence-corrected chi connectivity index (χ3v) is 3.69. The van der Waals surface area contributed by atoms with Crippen molar-refractivity contribution in [3.05, 3.63) is 17.8 Å². The first kappa shape index (κ1) is 26.0. The number of fused-ring (bicyclic) bond motifs is 1. The Labute approximate surface area is 193 Å². The van der Waals surface area contributed by atoms with E-state index in [1.807, 2.05) is 13.8 Å². The van der Waals surface area contributed by atoms with Crippen LogP contribution >= 0.6 is 0 Å². The molecule has 10 nitrogen and oxygen atoms in total. The van der Waals surface area contributed by atoms with E-state index in [1.54, 1.807) is 48.5 Å². The van der Waals surface area contributed by atoms with E-state index in [0.29, 0.717) is 10.6 Å². The van der Waals surface area contributed by atoms with Gasteiger partial charge in [-0.3, -0.25) is 0 Å². The Hall–Kier alpha value is -3.30. The summed E-state index contributed by atoms with van der Waals surface area (Å²) in [6, 6.07) is 1.51. The molecule has 0 aliphatic rings. The number of imide groups is 1. The minimum Gasteiger partial charge on any atom is -0.489 e. The molecule has 2 aromatic heterocycles. The van der Waals surface area contributed by atoms with Crippen molar-refractivity contribution < 1.29 is 37.7 Å². The highest BCUT2D eigenvalue weighted by Gasteiger charge is 2.39. The molecule has 0 spiro atoms. The molecule has 0 aromatic carbocycles. The van der Waals surface area contributed by atoms with Crippen LogP contribution in [0.3, 0.4) is 0 Å². The van der Waals surface area contributed by atoms with Crippen LogP contribution in [-0.2, 0) is 14.2 Å². The first-order chi connectivity index (χ1) is 15.1. The van der Waals surface area contributed by atoms with Gasteiger partial charge in [-0.1, -0.05) is 0 Å². The van der Waals surface area contributed by atoms with Gasteiger partial charge in [0.1, 0.15) is 22.5 Å². The number of amides is 2. The minimum absolute atomic E-state index is 0.0539. The largest absolute Gasteiger partial charge is 0.489 e. The molecule has 0 saturated heterocycles. The van der Waals surface area contributed by atoms with Crippen LogP contribution in [0.2, 0.25) is 0 Å². The average Bonchev–Trinajstić information content (AvgIpc) is 2.96. The number of carbonyl (C=O) groups excluding carboxylic acids is 3. The van der Waals surface area contributed by atoms with Gasteiger partial charge in [0.15, 0.2) is 11.1 Å². The molecule has 0 bridgehead atoms. The lowest BCUT2D eigenvalue weighted by Crippen LogP contribution is -2.44. The molecule has 0 fully saturated rings. The zero-order chi connectivity index (χ0) is 25.1. The Morgan fingerprint density at radius 2 is 1.58 bits per heavy atom. The number of carbonyl (C=O) groups is 3.